The van der Waals surface area contributed by atoms with Gasteiger partial charge in [0.05, 0.1) is 24.4 Å². The lowest BCUT2D eigenvalue weighted by Gasteiger charge is -2.21. The van der Waals surface area contributed by atoms with Crippen LogP contribution < -0.4 is 0 Å². The molecule has 0 spiro atoms. The number of carbonyl (C=O) groups is 1. The molecule has 0 aromatic heterocycles. The van der Waals surface area contributed by atoms with Gasteiger partial charge in [0.1, 0.15) is 6.10 Å². The maximum Gasteiger partial charge on any atom is 0.302 e. The molecule has 0 aliphatic carbocycles. The van der Waals surface area contributed by atoms with Gasteiger partial charge >= 0.3 is 5.97 Å². The van der Waals surface area contributed by atoms with Crippen LogP contribution in [-0.4, -0.2) is 36.5 Å². The number of hydrogen-bond acceptors (Lipinski definition) is 4. The molecule has 4 aliphatic heterocycles. The molecule has 4 heterocycles. The van der Waals surface area contributed by atoms with E-state index < -0.39 is 0 Å². The fourth-order valence-electron chi connectivity index (χ4n) is 2.80. The Kier molecular flexibility index (Phi) is 1.82. The van der Waals surface area contributed by atoms with Crippen molar-refractivity contribution in [2.24, 2.45) is 0 Å². The summed E-state index contributed by atoms with van der Waals surface area (Å²) in [6.07, 6.45) is 3.39. The van der Waals surface area contributed by atoms with Crippen LogP contribution in [0.5, 0.6) is 0 Å². The third-order valence-corrected chi connectivity index (χ3v) is 3.32. The molecule has 4 rings (SSSR count). The first-order valence-corrected chi connectivity index (χ1v) is 5.20. The van der Waals surface area contributed by atoms with Gasteiger partial charge in [-0.05, 0) is 0 Å². The molecule has 4 bridgehead atoms. The highest BCUT2D eigenvalue weighted by molar-refractivity contribution is 5.66. The van der Waals surface area contributed by atoms with Crippen LogP contribution >= 0.6 is 0 Å². The highest BCUT2D eigenvalue weighted by atomic mass is 16.6. The standard InChI is InChI=1S/C10H14O4/c1-5(11)12-7-2-6-3-8-9(13-6)4-10(7)14-8/h6-10H,2-4H2,1H3/t6-,7?,8+,9+,10+/m0/s1. The van der Waals surface area contributed by atoms with Gasteiger partial charge in [-0.1, -0.05) is 0 Å². The summed E-state index contributed by atoms with van der Waals surface area (Å²) in [4.78, 5) is 10.9. The fraction of sp³-hybridized carbons (Fsp3) is 0.900. The average molecular weight is 198 g/mol. The number of fused-ring (bicyclic) bond motifs is 1. The maximum absolute atomic E-state index is 10.9. The van der Waals surface area contributed by atoms with Gasteiger partial charge in [-0.2, -0.15) is 0 Å². The molecule has 4 fully saturated rings. The number of esters is 1. The second kappa shape index (κ2) is 2.94. The van der Waals surface area contributed by atoms with E-state index in [2.05, 4.69) is 0 Å². The number of hydrogen-bond donors (Lipinski definition) is 0. The minimum absolute atomic E-state index is 0.0707. The van der Waals surface area contributed by atoms with Gasteiger partial charge in [0.2, 0.25) is 0 Å². The smallest absolute Gasteiger partial charge is 0.302 e. The summed E-state index contributed by atoms with van der Waals surface area (Å²) >= 11 is 0. The lowest BCUT2D eigenvalue weighted by Crippen LogP contribution is -2.30. The van der Waals surface area contributed by atoms with Gasteiger partial charge in [-0.15, -0.1) is 0 Å². The molecule has 4 aliphatic rings. The van der Waals surface area contributed by atoms with Gasteiger partial charge in [-0.25, -0.2) is 0 Å². The van der Waals surface area contributed by atoms with E-state index in [1.54, 1.807) is 0 Å². The molecule has 4 saturated heterocycles. The van der Waals surface area contributed by atoms with Crippen molar-refractivity contribution >= 4 is 5.97 Å². The quantitative estimate of drug-likeness (QED) is 0.580. The van der Waals surface area contributed by atoms with Crippen molar-refractivity contribution in [3.8, 4) is 0 Å². The van der Waals surface area contributed by atoms with E-state index in [-0.39, 0.29) is 36.5 Å². The molecule has 0 saturated carbocycles. The summed E-state index contributed by atoms with van der Waals surface area (Å²) in [7, 11) is 0. The van der Waals surface area contributed by atoms with Crippen LogP contribution in [0.3, 0.4) is 0 Å². The molecule has 5 atom stereocenters. The predicted molar refractivity (Wildman–Crippen MR) is 46.7 cm³/mol. The minimum atomic E-state index is -0.221. The molecule has 0 aromatic rings. The highest BCUT2D eigenvalue weighted by Gasteiger charge is 2.51. The van der Waals surface area contributed by atoms with Gasteiger partial charge in [0.15, 0.2) is 0 Å². The van der Waals surface area contributed by atoms with Crippen molar-refractivity contribution in [2.45, 2.75) is 56.7 Å². The molecular weight excluding hydrogens is 184 g/mol. The Morgan fingerprint density at radius 1 is 1.14 bits per heavy atom. The molecule has 4 heteroatoms. The van der Waals surface area contributed by atoms with Crippen LogP contribution in [0.4, 0.5) is 0 Å². The topological polar surface area (TPSA) is 44.8 Å². The highest BCUT2D eigenvalue weighted by Crippen LogP contribution is 2.42. The van der Waals surface area contributed by atoms with Crippen LogP contribution in [0, 0.1) is 0 Å². The Hall–Kier alpha value is -0.610. The Morgan fingerprint density at radius 3 is 2.64 bits per heavy atom. The lowest BCUT2D eigenvalue weighted by atomic mass is 9.98. The number of ether oxygens (including phenoxy) is 3. The molecule has 0 radical (unpaired) electrons. The van der Waals surface area contributed by atoms with Crippen molar-refractivity contribution in [3.63, 3.8) is 0 Å². The first kappa shape index (κ1) is 8.68. The third kappa shape index (κ3) is 1.25. The van der Waals surface area contributed by atoms with E-state index in [9.17, 15) is 4.79 Å². The molecule has 0 amide bonds. The van der Waals surface area contributed by atoms with E-state index in [1.807, 2.05) is 0 Å². The predicted octanol–water partition coefficient (Wildman–Crippen LogP) is 0.637. The van der Waals surface area contributed by atoms with Crippen LogP contribution in [-0.2, 0) is 19.0 Å². The molecule has 4 nitrogen and oxygen atoms in total. The zero-order chi connectivity index (χ0) is 9.71. The van der Waals surface area contributed by atoms with Gasteiger partial charge in [0.25, 0.3) is 0 Å². The second-order valence-electron chi connectivity index (χ2n) is 4.36. The van der Waals surface area contributed by atoms with Crippen molar-refractivity contribution in [1.29, 1.82) is 0 Å². The Balaban J connectivity index is 1.78. The van der Waals surface area contributed by atoms with Gasteiger partial charge in [-0.3, -0.25) is 4.79 Å². The van der Waals surface area contributed by atoms with Crippen molar-refractivity contribution in [2.75, 3.05) is 0 Å². The molecule has 14 heavy (non-hydrogen) atoms. The zero-order valence-corrected chi connectivity index (χ0v) is 8.14. The second-order valence-corrected chi connectivity index (χ2v) is 4.36. The summed E-state index contributed by atoms with van der Waals surface area (Å²) in [5.41, 5.74) is 0. The summed E-state index contributed by atoms with van der Waals surface area (Å²) in [5, 5.41) is 0. The average Bonchev–Trinajstić information content (AvgIpc) is 2.47. The first-order chi connectivity index (χ1) is 6.72. The van der Waals surface area contributed by atoms with Gasteiger partial charge in [0, 0.05) is 26.2 Å². The molecule has 1 unspecified atom stereocenters. The summed E-state index contributed by atoms with van der Waals surface area (Å²) in [6, 6.07) is 0. The number of carbonyl (C=O) groups excluding carboxylic acids is 1. The van der Waals surface area contributed by atoms with Crippen molar-refractivity contribution in [1.82, 2.24) is 0 Å². The maximum atomic E-state index is 10.9. The molecule has 78 valence electrons. The van der Waals surface area contributed by atoms with E-state index >= 15 is 0 Å². The Labute approximate surface area is 82.5 Å². The van der Waals surface area contributed by atoms with Crippen LogP contribution in [0.25, 0.3) is 0 Å². The largest absolute Gasteiger partial charge is 0.460 e. The van der Waals surface area contributed by atoms with E-state index in [0.717, 1.165) is 19.3 Å². The summed E-state index contributed by atoms with van der Waals surface area (Å²) in [6.45, 7) is 1.45. The van der Waals surface area contributed by atoms with Gasteiger partial charge < -0.3 is 14.2 Å². The fourth-order valence-corrected chi connectivity index (χ4v) is 2.80. The molecule has 0 N–H and O–H groups in total. The van der Waals surface area contributed by atoms with E-state index in [1.165, 1.54) is 6.92 Å². The van der Waals surface area contributed by atoms with Crippen LogP contribution in [0.15, 0.2) is 0 Å². The van der Waals surface area contributed by atoms with Crippen molar-refractivity contribution < 1.29 is 19.0 Å². The Bertz CT molecular complexity index is 251. The zero-order valence-electron chi connectivity index (χ0n) is 8.14. The van der Waals surface area contributed by atoms with E-state index in [4.69, 9.17) is 14.2 Å². The van der Waals surface area contributed by atoms with Crippen LogP contribution in [0.1, 0.15) is 26.2 Å². The summed E-state index contributed by atoms with van der Waals surface area (Å²) in [5.74, 6) is -0.221. The summed E-state index contributed by atoms with van der Waals surface area (Å²) < 4.78 is 16.8. The molecule has 0 aromatic carbocycles. The lowest BCUT2D eigenvalue weighted by molar-refractivity contribution is -0.155. The monoisotopic (exact) mass is 198 g/mol. The normalized spacial score (nSPS) is 49.4. The van der Waals surface area contributed by atoms with Crippen LogP contribution in [0.2, 0.25) is 0 Å². The third-order valence-electron chi connectivity index (χ3n) is 3.32. The minimum Gasteiger partial charge on any atom is -0.460 e. The first-order valence-electron chi connectivity index (χ1n) is 5.20. The van der Waals surface area contributed by atoms with Crippen molar-refractivity contribution in [3.05, 3.63) is 0 Å². The molecular formula is C10H14O4. The van der Waals surface area contributed by atoms with E-state index in [0.29, 0.717) is 0 Å². The Morgan fingerprint density at radius 2 is 1.93 bits per heavy atom. The SMILES string of the molecule is CC(=O)OC1C[C@H]2C[C@H]3O[C@@H]1C[C@H]3O2. The number of rotatable bonds is 1.